The number of pyridine rings is 1. The summed E-state index contributed by atoms with van der Waals surface area (Å²) >= 11 is 0. The summed E-state index contributed by atoms with van der Waals surface area (Å²) in [6.45, 7) is 0.392. The molecule has 0 aliphatic rings. The molecule has 3 rings (SSSR count). The number of carbonyl (C=O) groups excluding carboxylic acids is 1. The summed E-state index contributed by atoms with van der Waals surface area (Å²) in [5.74, 6) is -0.0403. The molecule has 110 valence electrons. The van der Waals surface area contributed by atoms with E-state index in [9.17, 15) is 9.59 Å². The first-order valence-electron chi connectivity index (χ1n) is 7.14. The van der Waals surface area contributed by atoms with E-state index in [4.69, 9.17) is 0 Å². The minimum absolute atomic E-state index is 0.0403. The lowest BCUT2D eigenvalue weighted by atomic mass is 10.1. The first-order chi connectivity index (χ1) is 10.7. The van der Waals surface area contributed by atoms with E-state index < -0.39 is 0 Å². The van der Waals surface area contributed by atoms with Gasteiger partial charge in [0.2, 0.25) is 5.91 Å². The Labute approximate surface area is 127 Å². The van der Waals surface area contributed by atoms with Gasteiger partial charge >= 0.3 is 0 Å². The van der Waals surface area contributed by atoms with Gasteiger partial charge in [0.1, 0.15) is 0 Å². The van der Waals surface area contributed by atoms with E-state index in [-0.39, 0.29) is 11.5 Å². The van der Waals surface area contributed by atoms with Crippen molar-refractivity contribution in [3.8, 4) is 0 Å². The van der Waals surface area contributed by atoms with Crippen LogP contribution in [0, 0.1) is 0 Å². The lowest BCUT2D eigenvalue weighted by Crippen LogP contribution is -2.25. The fourth-order valence-electron chi connectivity index (χ4n) is 2.45. The van der Waals surface area contributed by atoms with Crippen molar-refractivity contribution in [3.05, 3.63) is 82.3 Å². The molecule has 0 fully saturated rings. The van der Waals surface area contributed by atoms with Crippen LogP contribution in [0.3, 0.4) is 0 Å². The largest absolute Gasteiger partial charge is 0.352 e. The molecule has 0 aliphatic carbocycles. The van der Waals surface area contributed by atoms with Crippen molar-refractivity contribution in [2.24, 2.45) is 0 Å². The maximum atomic E-state index is 12.0. The van der Waals surface area contributed by atoms with Crippen molar-refractivity contribution in [2.45, 2.75) is 13.0 Å². The van der Waals surface area contributed by atoms with E-state index in [1.54, 1.807) is 12.3 Å². The van der Waals surface area contributed by atoms with Crippen LogP contribution >= 0.6 is 0 Å². The van der Waals surface area contributed by atoms with Gasteiger partial charge < -0.3 is 10.3 Å². The Kier molecular flexibility index (Phi) is 4.01. The number of nitrogens with one attached hydrogen (secondary N) is 2. The number of amides is 1. The second kappa shape index (κ2) is 6.26. The minimum Gasteiger partial charge on any atom is -0.352 e. The average molecular weight is 292 g/mol. The summed E-state index contributed by atoms with van der Waals surface area (Å²) in [5, 5.41) is 4.40. The number of carbonyl (C=O) groups is 1. The highest BCUT2D eigenvalue weighted by atomic mass is 16.1. The lowest BCUT2D eigenvalue weighted by Gasteiger charge is -2.08. The zero-order valence-electron chi connectivity index (χ0n) is 12.0. The Hall–Kier alpha value is -2.88. The van der Waals surface area contributed by atoms with E-state index in [0.29, 0.717) is 18.4 Å². The summed E-state index contributed by atoms with van der Waals surface area (Å²) in [7, 11) is 0. The van der Waals surface area contributed by atoms with Gasteiger partial charge in [-0.3, -0.25) is 9.59 Å². The van der Waals surface area contributed by atoms with Crippen LogP contribution in [-0.4, -0.2) is 10.9 Å². The molecule has 4 nitrogen and oxygen atoms in total. The molecule has 0 spiro atoms. The monoisotopic (exact) mass is 292 g/mol. The molecule has 22 heavy (non-hydrogen) atoms. The minimum atomic E-state index is -0.116. The van der Waals surface area contributed by atoms with E-state index in [1.165, 1.54) is 0 Å². The van der Waals surface area contributed by atoms with Crippen molar-refractivity contribution < 1.29 is 4.79 Å². The van der Waals surface area contributed by atoms with E-state index in [0.717, 1.165) is 16.5 Å². The molecule has 0 saturated heterocycles. The van der Waals surface area contributed by atoms with Crippen molar-refractivity contribution in [1.29, 1.82) is 0 Å². The molecule has 0 atom stereocenters. The highest BCUT2D eigenvalue weighted by Gasteiger charge is 2.06. The zero-order chi connectivity index (χ0) is 15.4. The quantitative estimate of drug-likeness (QED) is 0.775. The molecule has 2 aromatic carbocycles. The Bertz CT molecular complexity index is 854. The fraction of sp³-hybridized carbons (Fsp3) is 0.111. The third kappa shape index (κ3) is 3.06. The SMILES string of the molecule is O=C(Cc1ccccc1)NCc1c[nH]c(=O)c2ccccc12. The van der Waals surface area contributed by atoms with E-state index in [1.807, 2.05) is 48.5 Å². The summed E-state index contributed by atoms with van der Waals surface area (Å²) in [5.41, 5.74) is 1.76. The molecule has 3 aromatic rings. The highest BCUT2D eigenvalue weighted by Crippen LogP contribution is 2.13. The number of rotatable bonds is 4. The molecule has 4 heteroatoms. The predicted molar refractivity (Wildman–Crippen MR) is 86.6 cm³/mol. The molecule has 0 unspecified atom stereocenters. The molecule has 0 bridgehead atoms. The maximum Gasteiger partial charge on any atom is 0.255 e. The van der Waals surface area contributed by atoms with E-state index >= 15 is 0 Å². The molecule has 1 aromatic heterocycles. The normalized spacial score (nSPS) is 10.5. The van der Waals surface area contributed by atoms with Crippen molar-refractivity contribution in [2.75, 3.05) is 0 Å². The van der Waals surface area contributed by atoms with Crippen LogP contribution in [0.5, 0.6) is 0 Å². The van der Waals surface area contributed by atoms with Gasteiger partial charge in [-0.25, -0.2) is 0 Å². The first kappa shape index (κ1) is 14.1. The van der Waals surface area contributed by atoms with Gasteiger partial charge in [-0.05, 0) is 22.6 Å². The highest BCUT2D eigenvalue weighted by molar-refractivity contribution is 5.85. The standard InChI is InChI=1S/C18H16N2O2/c21-17(10-13-6-2-1-3-7-13)19-11-14-12-20-18(22)16-9-5-4-8-15(14)16/h1-9,12H,10-11H2,(H,19,21)(H,20,22). The fourth-order valence-corrected chi connectivity index (χ4v) is 2.45. The Morgan fingerprint density at radius 3 is 2.41 bits per heavy atom. The van der Waals surface area contributed by atoms with Crippen molar-refractivity contribution in [1.82, 2.24) is 10.3 Å². The number of hydrogen-bond acceptors (Lipinski definition) is 2. The molecule has 0 radical (unpaired) electrons. The van der Waals surface area contributed by atoms with Gasteiger partial charge in [0.15, 0.2) is 0 Å². The van der Waals surface area contributed by atoms with E-state index in [2.05, 4.69) is 10.3 Å². The molecular weight excluding hydrogens is 276 g/mol. The molecular formula is C18H16N2O2. The second-order valence-electron chi connectivity index (χ2n) is 5.13. The number of aromatic amines is 1. The third-order valence-corrected chi connectivity index (χ3v) is 3.58. The van der Waals surface area contributed by atoms with Gasteiger partial charge in [-0.15, -0.1) is 0 Å². The van der Waals surface area contributed by atoms with Crippen LogP contribution in [-0.2, 0) is 17.8 Å². The first-order valence-corrected chi connectivity index (χ1v) is 7.14. The number of H-pyrrole nitrogens is 1. The van der Waals surface area contributed by atoms with Gasteiger partial charge in [-0.2, -0.15) is 0 Å². The van der Waals surface area contributed by atoms with Crippen LogP contribution in [0.1, 0.15) is 11.1 Å². The smallest absolute Gasteiger partial charge is 0.255 e. The van der Waals surface area contributed by atoms with Gasteiger partial charge in [0, 0.05) is 18.1 Å². The Morgan fingerprint density at radius 2 is 1.64 bits per heavy atom. The molecule has 1 amide bonds. The third-order valence-electron chi connectivity index (χ3n) is 3.58. The molecule has 1 heterocycles. The number of hydrogen-bond donors (Lipinski definition) is 2. The van der Waals surface area contributed by atoms with Gasteiger partial charge in [0.25, 0.3) is 5.56 Å². The summed E-state index contributed by atoms with van der Waals surface area (Å²) in [4.78, 5) is 26.5. The second-order valence-corrected chi connectivity index (χ2v) is 5.13. The number of fused-ring (bicyclic) bond motifs is 1. The summed E-state index contributed by atoms with van der Waals surface area (Å²) in [6, 6.07) is 17.0. The summed E-state index contributed by atoms with van der Waals surface area (Å²) in [6.07, 6.45) is 2.01. The lowest BCUT2D eigenvalue weighted by molar-refractivity contribution is -0.120. The zero-order valence-corrected chi connectivity index (χ0v) is 12.0. The molecule has 0 aliphatic heterocycles. The number of aromatic nitrogens is 1. The molecule has 2 N–H and O–H groups in total. The van der Waals surface area contributed by atoms with Gasteiger partial charge in [0.05, 0.1) is 6.42 Å². The summed E-state index contributed by atoms with van der Waals surface area (Å²) < 4.78 is 0. The Balaban J connectivity index is 1.73. The topological polar surface area (TPSA) is 62.0 Å². The maximum absolute atomic E-state index is 12.0. The van der Waals surface area contributed by atoms with Crippen LogP contribution in [0.25, 0.3) is 10.8 Å². The number of benzene rings is 2. The predicted octanol–water partition coefficient (Wildman–Crippen LogP) is 2.39. The van der Waals surface area contributed by atoms with Crippen molar-refractivity contribution in [3.63, 3.8) is 0 Å². The van der Waals surface area contributed by atoms with Crippen LogP contribution < -0.4 is 10.9 Å². The Morgan fingerprint density at radius 1 is 0.955 bits per heavy atom. The van der Waals surface area contributed by atoms with Gasteiger partial charge in [-0.1, -0.05) is 48.5 Å². The van der Waals surface area contributed by atoms with Crippen LogP contribution in [0.15, 0.2) is 65.6 Å². The van der Waals surface area contributed by atoms with Crippen LogP contribution in [0.2, 0.25) is 0 Å². The molecule has 0 saturated carbocycles. The van der Waals surface area contributed by atoms with Crippen molar-refractivity contribution >= 4 is 16.7 Å². The van der Waals surface area contributed by atoms with Crippen LogP contribution in [0.4, 0.5) is 0 Å². The average Bonchev–Trinajstić information content (AvgIpc) is 2.55.